The normalized spacial score (nSPS) is 22.3. The first-order valence-corrected chi connectivity index (χ1v) is 6.86. The summed E-state index contributed by atoms with van der Waals surface area (Å²) >= 11 is 0. The number of carbonyl (C=O) groups excluding carboxylic acids is 2. The maximum Gasteiger partial charge on any atom is 0.329 e. The zero-order valence-corrected chi connectivity index (χ0v) is 11.0. The van der Waals surface area contributed by atoms with Crippen LogP contribution in [0.3, 0.4) is 0 Å². The number of likely N-dealkylation sites (tertiary alicyclic amines) is 1. The van der Waals surface area contributed by atoms with Gasteiger partial charge < -0.3 is 15.3 Å². The van der Waals surface area contributed by atoms with E-state index in [2.05, 4.69) is 5.32 Å². The lowest BCUT2D eigenvalue weighted by Gasteiger charge is -2.25. The van der Waals surface area contributed by atoms with Crippen LogP contribution in [0.25, 0.3) is 0 Å². The van der Waals surface area contributed by atoms with Crippen molar-refractivity contribution in [2.75, 3.05) is 13.1 Å². The topological polar surface area (TPSA) is 86.7 Å². The molecule has 2 amide bonds. The summed E-state index contributed by atoms with van der Waals surface area (Å²) in [5, 5.41) is 11.5. The van der Waals surface area contributed by atoms with Crippen LogP contribution in [0, 0.1) is 0 Å². The number of hydrogen-bond acceptors (Lipinski definition) is 3. The Bertz CT molecular complexity index is 390. The van der Waals surface area contributed by atoms with Crippen LogP contribution in [0.5, 0.6) is 0 Å². The fourth-order valence-electron chi connectivity index (χ4n) is 2.38. The summed E-state index contributed by atoms with van der Waals surface area (Å²) in [6.45, 7) is 0.570. The third kappa shape index (κ3) is 3.45. The molecule has 0 aromatic rings. The molecule has 2 fully saturated rings. The molecular weight excluding hydrogens is 248 g/mol. The molecule has 6 nitrogen and oxygen atoms in total. The van der Waals surface area contributed by atoms with Crippen molar-refractivity contribution in [1.82, 2.24) is 10.2 Å². The van der Waals surface area contributed by atoms with Crippen LogP contribution in [0.4, 0.5) is 0 Å². The second kappa shape index (κ2) is 5.59. The molecule has 0 atom stereocenters. The van der Waals surface area contributed by atoms with E-state index < -0.39 is 11.5 Å². The molecule has 1 aliphatic heterocycles. The summed E-state index contributed by atoms with van der Waals surface area (Å²) in [5.74, 6) is -1.36. The predicted molar refractivity (Wildman–Crippen MR) is 67.4 cm³/mol. The van der Waals surface area contributed by atoms with E-state index in [4.69, 9.17) is 5.11 Å². The van der Waals surface area contributed by atoms with Crippen LogP contribution >= 0.6 is 0 Å². The number of carbonyl (C=O) groups is 3. The molecule has 1 saturated carbocycles. The fraction of sp³-hybridized carbons (Fsp3) is 0.769. The van der Waals surface area contributed by atoms with Crippen molar-refractivity contribution in [3.8, 4) is 0 Å². The molecule has 19 heavy (non-hydrogen) atoms. The Morgan fingerprint density at radius 2 is 1.89 bits per heavy atom. The zero-order chi connectivity index (χ0) is 13.9. The summed E-state index contributed by atoms with van der Waals surface area (Å²) in [6.07, 6.45) is 5.35. The molecule has 1 heterocycles. The van der Waals surface area contributed by atoms with Gasteiger partial charge in [-0.2, -0.15) is 0 Å². The van der Waals surface area contributed by atoms with Gasteiger partial charge in [-0.05, 0) is 25.7 Å². The number of nitrogens with zero attached hydrogens (tertiary/aromatic N) is 1. The lowest BCUT2D eigenvalue weighted by Crippen LogP contribution is -2.48. The number of aliphatic carboxylic acids is 1. The summed E-state index contributed by atoms with van der Waals surface area (Å²) < 4.78 is 0. The van der Waals surface area contributed by atoms with Crippen LogP contribution in [0.2, 0.25) is 0 Å². The van der Waals surface area contributed by atoms with E-state index >= 15 is 0 Å². The maximum absolute atomic E-state index is 11.8. The Morgan fingerprint density at radius 1 is 1.21 bits per heavy atom. The van der Waals surface area contributed by atoms with E-state index in [-0.39, 0.29) is 18.4 Å². The molecule has 106 valence electrons. The van der Waals surface area contributed by atoms with Crippen molar-refractivity contribution < 1.29 is 19.5 Å². The van der Waals surface area contributed by atoms with Gasteiger partial charge in [0.2, 0.25) is 11.8 Å². The Balaban J connectivity index is 1.86. The van der Waals surface area contributed by atoms with Crippen LogP contribution in [-0.2, 0) is 14.4 Å². The molecule has 0 spiro atoms. The van der Waals surface area contributed by atoms with E-state index in [1.54, 1.807) is 4.90 Å². The highest BCUT2D eigenvalue weighted by Crippen LogP contribution is 2.35. The van der Waals surface area contributed by atoms with E-state index in [0.29, 0.717) is 25.8 Å². The lowest BCUT2D eigenvalue weighted by molar-refractivity contribution is -0.144. The third-order valence-corrected chi connectivity index (χ3v) is 3.79. The number of rotatable bonds is 4. The summed E-state index contributed by atoms with van der Waals surface area (Å²) in [7, 11) is 0. The third-order valence-electron chi connectivity index (χ3n) is 3.79. The minimum absolute atomic E-state index is 0.00461. The van der Waals surface area contributed by atoms with Gasteiger partial charge in [0.25, 0.3) is 0 Å². The van der Waals surface area contributed by atoms with Crippen molar-refractivity contribution in [2.24, 2.45) is 0 Å². The Morgan fingerprint density at radius 3 is 2.53 bits per heavy atom. The van der Waals surface area contributed by atoms with E-state index in [1.165, 1.54) is 0 Å². The molecule has 0 aromatic carbocycles. The van der Waals surface area contributed by atoms with Gasteiger partial charge >= 0.3 is 5.97 Å². The van der Waals surface area contributed by atoms with Crippen molar-refractivity contribution in [1.29, 1.82) is 0 Å². The van der Waals surface area contributed by atoms with Crippen LogP contribution in [0.15, 0.2) is 0 Å². The van der Waals surface area contributed by atoms with Gasteiger partial charge in [-0.1, -0.05) is 12.8 Å². The van der Waals surface area contributed by atoms with Crippen molar-refractivity contribution in [3.63, 3.8) is 0 Å². The average molecular weight is 268 g/mol. The molecule has 0 unspecified atom stereocenters. The molecule has 2 rings (SSSR count). The van der Waals surface area contributed by atoms with Crippen LogP contribution < -0.4 is 5.32 Å². The smallest absolute Gasteiger partial charge is 0.329 e. The van der Waals surface area contributed by atoms with Crippen molar-refractivity contribution in [2.45, 2.75) is 50.5 Å². The Kier molecular flexibility index (Phi) is 4.07. The highest BCUT2D eigenvalue weighted by atomic mass is 16.4. The molecule has 0 bridgehead atoms. The number of carboxylic acids is 1. The lowest BCUT2D eigenvalue weighted by atomic mass is 10.1. The van der Waals surface area contributed by atoms with Gasteiger partial charge in [-0.25, -0.2) is 4.79 Å². The van der Waals surface area contributed by atoms with Gasteiger partial charge in [0.05, 0.1) is 6.54 Å². The van der Waals surface area contributed by atoms with Gasteiger partial charge in [-0.15, -0.1) is 0 Å². The van der Waals surface area contributed by atoms with E-state index in [1.807, 2.05) is 0 Å². The van der Waals surface area contributed by atoms with Crippen LogP contribution in [-0.4, -0.2) is 46.4 Å². The second-order valence-electron chi connectivity index (χ2n) is 5.41. The molecule has 1 aliphatic carbocycles. The monoisotopic (exact) mass is 268 g/mol. The second-order valence-corrected chi connectivity index (χ2v) is 5.41. The first-order chi connectivity index (χ1) is 9.03. The predicted octanol–water partition coefficient (Wildman–Crippen LogP) is 0.512. The molecule has 0 radical (unpaired) electrons. The average Bonchev–Trinajstić information content (AvgIpc) is 3.10. The molecule has 6 heteroatoms. The molecule has 1 saturated heterocycles. The van der Waals surface area contributed by atoms with Gasteiger partial charge in [-0.3, -0.25) is 9.59 Å². The number of nitrogens with one attached hydrogen (secondary N) is 1. The van der Waals surface area contributed by atoms with Crippen molar-refractivity contribution >= 4 is 17.8 Å². The Hall–Kier alpha value is -1.59. The SMILES string of the molecule is O=C(CN1CCCCCCC1=O)NC1(C(=O)O)CC1. The summed E-state index contributed by atoms with van der Waals surface area (Å²) in [6, 6.07) is 0. The molecular formula is C13H20N2O4. The first-order valence-electron chi connectivity index (χ1n) is 6.86. The van der Waals surface area contributed by atoms with Crippen LogP contribution in [0.1, 0.15) is 44.9 Å². The zero-order valence-electron chi connectivity index (χ0n) is 11.0. The first kappa shape index (κ1) is 13.8. The van der Waals surface area contributed by atoms with Gasteiger partial charge in [0, 0.05) is 13.0 Å². The minimum Gasteiger partial charge on any atom is -0.480 e. The standard InChI is InChI=1S/C13H20N2O4/c16-10(14-13(6-7-13)12(18)19)9-15-8-4-2-1-3-5-11(15)17/h1-9H2,(H,14,16)(H,18,19). The van der Waals surface area contributed by atoms with Gasteiger partial charge in [0.15, 0.2) is 0 Å². The molecule has 2 N–H and O–H groups in total. The van der Waals surface area contributed by atoms with E-state index in [0.717, 1.165) is 25.7 Å². The fourth-order valence-corrected chi connectivity index (χ4v) is 2.38. The Labute approximate surface area is 112 Å². The number of amides is 2. The number of hydrogen-bond donors (Lipinski definition) is 2. The largest absolute Gasteiger partial charge is 0.480 e. The number of carboxylic acid groups (broad SMARTS) is 1. The van der Waals surface area contributed by atoms with E-state index in [9.17, 15) is 14.4 Å². The summed E-state index contributed by atoms with van der Waals surface area (Å²) in [4.78, 5) is 36.2. The molecule has 0 aromatic heterocycles. The van der Waals surface area contributed by atoms with Gasteiger partial charge in [0.1, 0.15) is 5.54 Å². The van der Waals surface area contributed by atoms with Crippen molar-refractivity contribution in [3.05, 3.63) is 0 Å². The summed E-state index contributed by atoms with van der Waals surface area (Å²) in [5.41, 5.74) is -1.07. The maximum atomic E-state index is 11.8. The molecule has 2 aliphatic rings. The quantitative estimate of drug-likeness (QED) is 0.778. The highest BCUT2D eigenvalue weighted by Gasteiger charge is 2.51. The highest BCUT2D eigenvalue weighted by molar-refractivity contribution is 5.91. The minimum atomic E-state index is -1.07.